The Bertz CT molecular complexity index is 623. The second kappa shape index (κ2) is 6.50. The minimum atomic E-state index is -1.04. The van der Waals surface area contributed by atoms with Crippen LogP contribution < -0.4 is 9.47 Å². The summed E-state index contributed by atoms with van der Waals surface area (Å²) in [5, 5.41) is 10.9. The molecule has 0 saturated heterocycles. The van der Waals surface area contributed by atoms with E-state index in [1.165, 1.54) is 0 Å². The first-order valence-corrected chi connectivity index (χ1v) is 7.45. The fourth-order valence-corrected chi connectivity index (χ4v) is 2.76. The summed E-state index contributed by atoms with van der Waals surface area (Å²) in [7, 11) is 3.24. The van der Waals surface area contributed by atoms with Crippen LogP contribution in [0.5, 0.6) is 11.5 Å². The highest BCUT2D eigenvalue weighted by Gasteiger charge is 2.28. The van der Waals surface area contributed by atoms with Gasteiger partial charge in [-0.25, -0.2) is 0 Å². The summed E-state index contributed by atoms with van der Waals surface area (Å²) in [6.45, 7) is 1.79. The highest BCUT2D eigenvalue weighted by molar-refractivity contribution is 9.10. The Morgan fingerprint density at radius 2 is 1.81 bits per heavy atom. The fourth-order valence-electron chi connectivity index (χ4n) is 2.37. The van der Waals surface area contributed by atoms with Crippen LogP contribution in [-0.4, -0.2) is 19.3 Å². The zero-order chi connectivity index (χ0) is 15.5. The van der Waals surface area contributed by atoms with Gasteiger partial charge in [0.2, 0.25) is 0 Å². The summed E-state index contributed by atoms with van der Waals surface area (Å²) >= 11 is 3.52. The first kappa shape index (κ1) is 15.9. The number of hydrogen-bond donors (Lipinski definition) is 1. The van der Waals surface area contributed by atoms with Gasteiger partial charge in [-0.15, -0.1) is 0 Å². The first-order valence-electron chi connectivity index (χ1n) is 6.66. The number of hydrogen-bond acceptors (Lipinski definition) is 3. The molecule has 0 amide bonds. The predicted molar refractivity (Wildman–Crippen MR) is 87.0 cm³/mol. The van der Waals surface area contributed by atoms with Crippen molar-refractivity contribution in [1.29, 1.82) is 0 Å². The van der Waals surface area contributed by atoms with Gasteiger partial charge >= 0.3 is 0 Å². The molecular weight excluding hydrogens is 332 g/mol. The Kier molecular flexibility index (Phi) is 4.91. The monoisotopic (exact) mass is 350 g/mol. The van der Waals surface area contributed by atoms with Gasteiger partial charge in [0.05, 0.1) is 19.8 Å². The molecule has 2 aromatic rings. The van der Waals surface area contributed by atoms with Crippen molar-refractivity contribution in [3.63, 3.8) is 0 Å². The van der Waals surface area contributed by atoms with Crippen LogP contribution in [0.1, 0.15) is 18.1 Å². The maximum atomic E-state index is 10.9. The average Bonchev–Trinajstić information content (AvgIpc) is 2.49. The number of aliphatic hydroxyl groups is 1. The Morgan fingerprint density at radius 1 is 1.10 bits per heavy atom. The zero-order valence-corrected chi connectivity index (χ0v) is 14.0. The van der Waals surface area contributed by atoms with Gasteiger partial charge in [0.1, 0.15) is 11.5 Å². The molecule has 4 heteroatoms. The van der Waals surface area contributed by atoms with E-state index < -0.39 is 5.60 Å². The molecule has 0 spiro atoms. The highest BCUT2D eigenvalue weighted by Crippen LogP contribution is 2.35. The van der Waals surface area contributed by atoms with Crippen LogP contribution in [0.4, 0.5) is 0 Å². The van der Waals surface area contributed by atoms with Crippen molar-refractivity contribution in [2.45, 2.75) is 18.9 Å². The van der Waals surface area contributed by atoms with Crippen molar-refractivity contribution in [1.82, 2.24) is 0 Å². The van der Waals surface area contributed by atoms with Gasteiger partial charge in [-0.3, -0.25) is 0 Å². The summed E-state index contributed by atoms with van der Waals surface area (Å²) in [6.07, 6.45) is 0.450. The normalized spacial score (nSPS) is 13.6. The zero-order valence-electron chi connectivity index (χ0n) is 12.4. The van der Waals surface area contributed by atoms with E-state index in [2.05, 4.69) is 15.9 Å². The van der Waals surface area contributed by atoms with Crippen molar-refractivity contribution in [2.75, 3.05) is 14.2 Å². The summed E-state index contributed by atoms with van der Waals surface area (Å²) in [5.74, 6) is 1.45. The van der Waals surface area contributed by atoms with Gasteiger partial charge in [-0.2, -0.15) is 0 Å². The first-order chi connectivity index (χ1) is 9.97. The summed E-state index contributed by atoms with van der Waals surface area (Å²) in [5.41, 5.74) is 0.703. The van der Waals surface area contributed by atoms with Gasteiger partial charge in [0, 0.05) is 16.5 Å². The number of halogens is 1. The van der Waals surface area contributed by atoms with E-state index >= 15 is 0 Å². The van der Waals surface area contributed by atoms with Crippen LogP contribution in [0.2, 0.25) is 0 Å². The van der Waals surface area contributed by atoms with E-state index in [4.69, 9.17) is 9.47 Å². The molecule has 2 rings (SSSR count). The van der Waals surface area contributed by atoms with Crippen molar-refractivity contribution in [2.24, 2.45) is 0 Å². The van der Waals surface area contributed by atoms with Crippen LogP contribution in [0.3, 0.4) is 0 Å². The third kappa shape index (κ3) is 3.57. The van der Waals surface area contributed by atoms with E-state index in [9.17, 15) is 5.11 Å². The molecule has 0 saturated carbocycles. The van der Waals surface area contributed by atoms with Gasteiger partial charge in [-0.1, -0.05) is 34.1 Å². The number of para-hydroxylation sites is 1. The van der Waals surface area contributed by atoms with E-state index in [-0.39, 0.29) is 0 Å². The molecule has 0 radical (unpaired) electrons. The van der Waals surface area contributed by atoms with Crippen LogP contribution in [0, 0.1) is 0 Å². The standard InChI is InChI=1S/C17H19BrO3/c1-17(19,14-6-4-5-7-16(14)21-3)11-12-10-13(20-2)8-9-15(12)18/h4-10,19H,11H2,1-3H3. The van der Waals surface area contributed by atoms with Crippen molar-refractivity contribution in [3.05, 3.63) is 58.1 Å². The van der Waals surface area contributed by atoms with E-state index in [1.54, 1.807) is 21.1 Å². The highest BCUT2D eigenvalue weighted by atomic mass is 79.9. The molecule has 0 aliphatic rings. The number of ether oxygens (including phenoxy) is 2. The molecule has 0 heterocycles. The van der Waals surface area contributed by atoms with E-state index in [1.807, 2.05) is 42.5 Å². The Hall–Kier alpha value is -1.52. The Morgan fingerprint density at radius 3 is 2.48 bits per heavy atom. The number of benzene rings is 2. The van der Waals surface area contributed by atoms with E-state index in [0.717, 1.165) is 21.3 Å². The lowest BCUT2D eigenvalue weighted by Gasteiger charge is -2.26. The molecule has 0 bridgehead atoms. The van der Waals surface area contributed by atoms with Gasteiger partial charge in [0.15, 0.2) is 0 Å². The molecule has 0 aromatic heterocycles. The average molecular weight is 351 g/mol. The molecule has 3 nitrogen and oxygen atoms in total. The van der Waals surface area contributed by atoms with Crippen LogP contribution >= 0.6 is 15.9 Å². The van der Waals surface area contributed by atoms with Crippen molar-refractivity contribution in [3.8, 4) is 11.5 Å². The second-order valence-corrected chi connectivity index (χ2v) is 5.96. The number of rotatable bonds is 5. The minimum absolute atomic E-state index is 0.450. The fraction of sp³-hybridized carbons (Fsp3) is 0.294. The third-order valence-electron chi connectivity index (χ3n) is 3.47. The maximum Gasteiger partial charge on any atom is 0.124 e. The molecule has 0 aliphatic carbocycles. The van der Waals surface area contributed by atoms with Gasteiger partial charge in [-0.05, 0) is 36.8 Å². The number of methoxy groups -OCH3 is 2. The minimum Gasteiger partial charge on any atom is -0.497 e. The van der Waals surface area contributed by atoms with Crippen LogP contribution in [0.25, 0.3) is 0 Å². The van der Waals surface area contributed by atoms with Gasteiger partial charge in [0.25, 0.3) is 0 Å². The summed E-state index contributed by atoms with van der Waals surface area (Å²) in [6, 6.07) is 13.2. The largest absolute Gasteiger partial charge is 0.497 e. The lowest BCUT2D eigenvalue weighted by Crippen LogP contribution is -2.25. The summed E-state index contributed by atoms with van der Waals surface area (Å²) in [4.78, 5) is 0. The SMILES string of the molecule is COc1ccc(Br)c(CC(C)(O)c2ccccc2OC)c1. The van der Waals surface area contributed by atoms with E-state index in [0.29, 0.717) is 12.2 Å². The molecule has 2 aromatic carbocycles. The molecule has 0 fully saturated rings. The second-order valence-electron chi connectivity index (χ2n) is 5.11. The Labute approximate surface area is 133 Å². The summed E-state index contributed by atoms with van der Waals surface area (Å²) < 4.78 is 11.5. The molecule has 21 heavy (non-hydrogen) atoms. The molecule has 0 aliphatic heterocycles. The lowest BCUT2D eigenvalue weighted by molar-refractivity contribution is 0.0547. The van der Waals surface area contributed by atoms with Crippen molar-refractivity contribution >= 4 is 15.9 Å². The topological polar surface area (TPSA) is 38.7 Å². The maximum absolute atomic E-state index is 10.9. The van der Waals surface area contributed by atoms with Crippen LogP contribution in [0.15, 0.2) is 46.9 Å². The molecule has 1 unspecified atom stereocenters. The molecule has 1 N–H and O–H groups in total. The van der Waals surface area contributed by atoms with Gasteiger partial charge < -0.3 is 14.6 Å². The van der Waals surface area contributed by atoms with Crippen LogP contribution in [-0.2, 0) is 12.0 Å². The smallest absolute Gasteiger partial charge is 0.124 e. The lowest BCUT2D eigenvalue weighted by atomic mass is 9.88. The predicted octanol–water partition coefficient (Wildman–Crippen LogP) is 3.92. The molecule has 112 valence electrons. The molecule has 1 atom stereocenters. The third-order valence-corrected chi connectivity index (χ3v) is 4.25. The quantitative estimate of drug-likeness (QED) is 0.888. The Balaban J connectivity index is 2.37. The van der Waals surface area contributed by atoms with Crippen molar-refractivity contribution < 1.29 is 14.6 Å². The molecular formula is C17H19BrO3.